The lowest BCUT2D eigenvalue weighted by atomic mass is 10.2. The second-order valence-corrected chi connectivity index (χ2v) is 6.01. The standard InChI is InChI=1S/C17H21ClN4O3/c1-3-22(11-17(24)20-15-8-12(2)25-21-15)10-16(23)19-9-13-4-6-14(18)7-5-13/h4-8H,3,9-11H2,1-2H3,(H,19,23)(H,20,21,24). The van der Waals surface area contributed by atoms with Crippen LogP contribution < -0.4 is 10.6 Å². The molecule has 0 fully saturated rings. The maximum atomic E-state index is 12.1. The van der Waals surface area contributed by atoms with Crippen LogP contribution in [0.4, 0.5) is 5.82 Å². The van der Waals surface area contributed by atoms with Gasteiger partial charge >= 0.3 is 0 Å². The highest BCUT2D eigenvalue weighted by atomic mass is 35.5. The molecule has 2 rings (SSSR count). The second kappa shape index (κ2) is 9.19. The molecule has 2 aromatic rings. The summed E-state index contributed by atoms with van der Waals surface area (Å²) in [6.45, 7) is 4.84. The SMILES string of the molecule is CCN(CC(=O)NCc1ccc(Cl)cc1)CC(=O)Nc1cc(C)on1. The number of amides is 2. The van der Waals surface area contributed by atoms with Crippen molar-refractivity contribution in [1.29, 1.82) is 0 Å². The molecular formula is C17H21ClN4O3. The first-order valence-electron chi connectivity index (χ1n) is 7.93. The lowest BCUT2D eigenvalue weighted by Gasteiger charge is -2.19. The molecule has 0 bridgehead atoms. The van der Waals surface area contributed by atoms with Gasteiger partial charge in [-0.2, -0.15) is 0 Å². The minimum absolute atomic E-state index is 0.0940. The summed E-state index contributed by atoms with van der Waals surface area (Å²) in [4.78, 5) is 25.8. The van der Waals surface area contributed by atoms with E-state index >= 15 is 0 Å². The summed E-state index contributed by atoms with van der Waals surface area (Å²) in [5, 5.41) is 9.82. The van der Waals surface area contributed by atoms with E-state index in [9.17, 15) is 9.59 Å². The Morgan fingerprint density at radius 3 is 2.48 bits per heavy atom. The zero-order valence-corrected chi connectivity index (χ0v) is 15.0. The summed E-state index contributed by atoms with van der Waals surface area (Å²) in [5.41, 5.74) is 0.958. The Morgan fingerprint density at radius 2 is 1.88 bits per heavy atom. The number of nitrogens with zero attached hydrogens (tertiary/aromatic N) is 2. The molecule has 1 aromatic carbocycles. The average molecular weight is 365 g/mol. The molecule has 0 unspecified atom stereocenters. The highest BCUT2D eigenvalue weighted by Gasteiger charge is 2.14. The molecule has 0 aliphatic carbocycles. The lowest BCUT2D eigenvalue weighted by molar-refractivity contribution is -0.123. The molecule has 2 amide bonds. The first-order valence-corrected chi connectivity index (χ1v) is 8.30. The normalized spacial score (nSPS) is 10.7. The summed E-state index contributed by atoms with van der Waals surface area (Å²) in [6.07, 6.45) is 0. The van der Waals surface area contributed by atoms with Gasteiger partial charge in [-0.3, -0.25) is 14.5 Å². The Morgan fingerprint density at radius 1 is 1.20 bits per heavy atom. The summed E-state index contributed by atoms with van der Waals surface area (Å²) in [7, 11) is 0. The fourth-order valence-electron chi connectivity index (χ4n) is 2.15. The van der Waals surface area contributed by atoms with Crippen molar-refractivity contribution in [1.82, 2.24) is 15.4 Å². The van der Waals surface area contributed by atoms with Gasteiger partial charge in [0, 0.05) is 17.6 Å². The number of aromatic nitrogens is 1. The van der Waals surface area contributed by atoms with Gasteiger partial charge in [-0.1, -0.05) is 35.8 Å². The molecule has 1 aromatic heterocycles. The van der Waals surface area contributed by atoms with Crippen LogP contribution in [0.25, 0.3) is 0 Å². The van der Waals surface area contributed by atoms with Gasteiger partial charge in [0.2, 0.25) is 11.8 Å². The number of nitrogens with one attached hydrogen (secondary N) is 2. The van der Waals surface area contributed by atoms with Gasteiger partial charge in [0.15, 0.2) is 5.82 Å². The van der Waals surface area contributed by atoms with Crippen LogP contribution in [0.5, 0.6) is 0 Å². The number of likely N-dealkylation sites (N-methyl/N-ethyl adjacent to an activating group) is 1. The van der Waals surface area contributed by atoms with Gasteiger partial charge in [-0.25, -0.2) is 0 Å². The van der Waals surface area contributed by atoms with Gasteiger partial charge in [-0.05, 0) is 31.2 Å². The molecule has 0 radical (unpaired) electrons. The Bertz CT molecular complexity index is 715. The third-order valence-electron chi connectivity index (χ3n) is 3.48. The number of carbonyl (C=O) groups excluding carboxylic acids is 2. The van der Waals surface area contributed by atoms with Crippen LogP contribution >= 0.6 is 11.6 Å². The van der Waals surface area contributed by atoms with Crippen molar-refractivity contribution in [3.05, 3.63) is 46.7 Å². The van der Waals surface area contributed by atoms with Crippen molar-refractivity contribution in [3.63, 3.8) is 0 Å². The van der Waals surface area contributed by atoms with Crippen LogP contribution in [0.3, 0.4) is 0 Å². The molecule has 0 aliphatic heterocycles. The predicted molar refractivity (Wildman–Crippen MR) is 95.3 cm³/mol. The monoisotopic (exact) mass is 364 g/mol. The fraction of sp³-hybridized carbons (Fsp3) is 0.353. The van der Waals surface area contributed by atoms with Crippen molar-refractivity contribution in [2.45, 2.75) is 20.4 Å². The third kappa shape index (κ3) is 6.56. The molecule has 7 nitrogen and oxygen atoms in total. The highest BCUT2D eigenvalue weighted by molar-refractivity contribution is 6.30. The van der Waals surface area contributed by atoms with Crippen molar-refractivity contribution in [3.8, 4) is 0 Å². The number of benzene rings is 1. The quantitative estimate of drug-likeness (QED) is 0.749. The summed E-state index contributed by atoms with van der Waals surface area (Å²) in [5.74, 6) is 0.581. The van der Waals surface area contributed by atoms with Crippen LogP contribution in [0.2, 0.25) is 5.02 Å². The number of hydrogen-bond acceptors (Lipinski definition) is 5. The molecular weight excluding hydrogens is 344 g/mol. The zero-order chi connectivity index (χ0) is 18.2. The number of hydrogen-bond donors (Lipinski definition) is 2. The Labute approximate surface area is 151 Å². The zero-order valence-electron chi connectivity index (χ0n) is 14.2. The van der Waals surface area contributed by atoms with Crippen molar-refractivity contribution >= 4 is 29.2 Å². The van der Waals surface area contributed by atoms with Crippen LogP contribution in [0.1, 0.15) is 18.2 Å². The number of anilines is 1. The van der Waals surface area contributed by atoms with Crippen molar-refractivity contribution < 1.29 is 14.1 Å². The molecule has 0 atom stereocenters. The first kappa shape index (κ1) is 19.0. The minimum Gasteiger partial charge on any atom is -0.360 e. The number of carbonyl (C=O) groups is 2. The van der Waals surface area contributed by atoms with Gasteiger partial charge in [-0.15, -0.1) is 0 Å². The summed E-state index contributed by atoms with van der Waals surface area (Å²) < 4.78 is 4.89. The molecule has 8 heteroatoms. The molecule has 134 valence electrons. The molecule has 1 heterocycles. The number of aryl methyl sites for hydroxylation is 1. The van der Waals surface area contributed by atoms with Crippen molar-refractivity contribution in [2.75, 3.05) is 25.0 Å². The predicted octanol–water partition coefficient (Wildman–Crippen LogP) is 2.21. The topological polar surface area (TPSA) is 87.5 Å². The molecule has 0 spiro atoms. The van der Waals surface area contributed by atoms with Gasteiger partial charge < -0.3 is 15.2 Å². The van der Waals surface area contributed by atoms with E-state index in [2.05, 4.69) is 15.8 Å². The lowest BCUT2D eigenvalue weighted by Crippen LogP contribution is -2.40. The Hall–Kier alpha value is -2.38. The van der Waals surface area contributed by atoms with Gasteiger partial charge in [0.05, 0.1) is 13.1 Å². The van der Waals surface area contributed by atoms with Crippen LogP contribution in [0.15, 0.2) is 34.9 Å². The van der Waals surface area contributed by atoms with Crippen LogP contribution in [0, 0.1) is 6.92 Å². The van der Waals surface area contributed by atoms with Crippen LogP contribution in [-0.2, 0) is 16.1 Å². The first-order chi connectivity index (χ1) is 12.0. The maximum Gasteiger partial charge on any atom is 0.239 e. The largest absolute Gasteiger partial charge is 0.360 e. The van der Waals surface area contributed by atoms with E-state index in [4.69, 9.17) is 16.1 Å². The van der Waals surface area contributed by atoms with E-state index < -0.39 is 0 Å². The smallest absolute Gasteiger partial charge is 0.239 e. The molecule has 0 saturated heterocycles. The van der Waals surface area contributed by atoms with E-state index in [0.717, 1.165) is 5.56 Å². The maximum absolute atomic E-state index is 12.1. The fourth-order valence-corrected chi connectivity index (χ4v) is 2.28. The molecule has 0 saturated carbocycles. The Kier molecular flexibility index (Phi) is 6.97. The van der Waals surface area contributed by atoms with E-state index in [-0.39, 0.29) is 24.9 Å². The average Bonchev–Trinajstić information content (AvgIpc) is 2.98. The second-order valence-electron chi connectivity index (χ2n) is 5.58. The molecule has 25 heavy (non-hydrogen) atoms. The molecule has 2 N–H and O–H groups in total. The van der Waals surface area contributed by atoms with E-state index in [0.29, 0.717) is 29.7 Å². The van der Waals surface area contributed by atoms with E-state index in [1.165, 1.54) is 0 Å². The molecule has 0 aliphatic rings. The minimum atomic E-state index is -0.249. The van der Waals surface area contributed by atoms with E-state index in [1.54, 1.807) is 30.0 Å². The van der Waals surface area contributed by atoms with E-state index in [1.807, 2.05) is 19.1 Å². The number of rotatable bonds is 8. The number of halogens is 1. The van der Waals surface area contributed by atoms with Gasteiger partial charge in [0.1, 0.15) is 5.76 Å². The summed E-state index contributed by atoms with van der Waals surface area (Å²) >= 11 is 5.83. The Balaban J connectivity index is 1.76. The summed E-state index contributed by atoms with van der Waals surface area (Å²) in [6, 6.07) is 8.89. The van der Waals surface area contributed by atoms with Crippen molar-refractivity contribution in [2.24, 2.45) is 0 Å². The third-order valence-corrected chi connectivity index (χ3v) is 3.73. The van der Waals surface area contributed by atoms with Crippen LogP contribution in [-0.4, -0.2) is 41.5 Å². The highest BCUT2D eigenvalue weighted by Crippen LogP contribution is 2.09. The van der Waals surface area contributed by atoms with Gasteiger partial charge in [0.25, 0.3) is 0 Å².